The Kier molecular flexibility index (Phi) is 3.64. The van der Waals surface area contributed by atoms with E-state index in [-0.39, 0.29) is 5.97 Å². The van der Waals surface area contributed by atoms with Crippen molar-refractivity contribution in [2.24, 2.45) is 0 Å². The summed E-state index contributed by atoms with van der Waals surface area (Å²) >= 11 is 0. The largest absolute Gasteiger partial charge is 0.468 e. The molecule has 0 amide bonds. The van der Waals surface area contributed by atoms with Crippen LogP contribution < -0.4 is 0 Å². The lowest BCUT2D eigenvalue weighted by atomic mass is 9.68. The zero-order chi connectivity index (χ0) is 17.6. The Morgan fingerprint density at radius 3 is 2.72 bits per heavy atom. The Labute approximate surface area is 147 Å². The fourth-order valence-electron chi connectivity index (χ4n) is 4.27. The van der Waals surface area contributed by atoms with Gasteiger partial charge in [-0.15, -0.1) is 0 Å². The molecule has 128 valence electrons. The number of ether oxygens (including phenoxy) is 1. The molecule has 0 saturated carbocycles. The average molecular weight is 334 g/mol. The van der Waals surface area contributed by atoms with Crippen LogP contribution in [0.2, 0.25) is 0 Å². The van der Waals surface area contributed by atoms with Crippen LogP contribution >= 0.6 is 0 Å². The van der Waals surface area contributed by atoms with E-state index >= 15 is 0 Å². The molecule has 1 atom stereocenters. The third kappa shape index (κ3) is 2.36. The van der Waals surface area contributed by atoms with Crippen LogP contribution in [0.25, 0.3) is 5.52 Å². The summed E-state index contributed by atoms with van der Waals surface area (Å²) in [4.78, 5) is 12.8. The maximum absolute atomic E-state index is 12.8. The number of pyridine rings is 1. The number of rotatable bonds is 2. The number of benzene rings is 1. The van der Waals surface area contributed by atoms with Crippen molar-refractivity contribution in [3.8, 4) is 0 Å². The van der Waals surface area contributed by atoms with E-state index in [0.717, 1.165) is 29.6 Å². The van der Waals surface area contributed by atoms with Gasteiger partial charge in [0, 0.05) is 11.8 Å². The highest BCUT2D eigenvalue weighted by atomic mass is 16.5. The summed E-state index contributed by atoms with van der Waals surface area (Å²) in [6, 6.07) is 12.2. The SMILES string of the molecule is COC(=O)C1(c2ccccc2)CCc2nn3cc(C)cc(C)c3c2C1. The Bertz CT molecular complexity index is 959. The van der Waals surface area contributed by atoms with E-state index in [0.29, 0.717) is 6.42 Å². The molecular weight excluding hydrogens is 312 g/mol. The van der Waals surface area contributed by atoms with Gasteiger partial charge in [0.15, 0.2) is 0 Å². The lowest BCUT2D eigenvalue weighted by Gasteiger charge is -2.34. The second-order valence-corrected chi connectivity index (χ2v) is 7.04. The van der Waals surface area contributed by atoms with Gasteiger partial charge < -0.3 is 4.74 Å². The zero-order valence-corrected chi connectivity index (χ0v) is 14.9. The lowest BCUT2D eigenvalue weighted by Crippen LogP contribution is -2.42. The number of hydrogen-bond donors (Lipinski definition) is 0. The highest BCUT2D eigenvalue weighted by Gasteiger charge is 2.45. The van der Waals surface area contributed by atoms with Crippen molar-refractivity contribution in [2.75, 3.05) is 7.11 Å². The van der Waals surface area contributed by atoms with Gasteiger partial charge in [0.25, 0.3) is 0 Å². The van der Waals surface area contributed by atoms with Crippen molar-refractivity contribution in [1.82, 2.24) is 9.61 Å². The fourth-order valence-corrected chi connectivity index (χ4v) is 4.27. The first-order valence-corrected chi connectivity index (χ1v) is 8.66. The molecule has 1 aliphatic carbocycles. The van der Waals surface area contributed by atoms with Crippen molar-refractivity contribution in [1.29, 1.82) is 0 Å². The topological polar surface area (TPSA) is 43.6 Å². The molecule has 0 bridgehead atoms. The summed E-state index contributed by atoms with van der Waals surface area (Å²) in [6.07, 6.45) is 4.19. The number of fused-ring (bicyclic) bond motifs is 3. The smallest absolute Gasteiger partial charge is 0.316 e. The van der Waals surface area contributed by atoms with Crippen molar-refractivity contribution >= 4 is 11.5 Å². The molecule has 3 aromatic rings. The normalized spacial score (nSPS) is 19.6. The number of hydrogen-bond acceptors (Lipinski definition) is 3. The number of methoxy groups -OCH3 is 1. The molecule has 4 nitrogen and oxygen atoms in total. The highest BCUT2D eigenvalue weighted by Crippen LogP contribution is 2.41. The minimum absolute atomic E-state index is 0.159. The summed E-state index contributed by atoms with van der Waals surface area (Å²) in [7, 11) is 1.48. The first-order valence-electron chi connectivity index (χ1n) is 8.66. The predicted octanol–water partition coefficient (Wildman–Crippen LogP) is 3.55. The molecule has 0 spiro atoms. The second kappa shape index (κ2) is 5.73. The van der Waals surface area contributed by atoms with E-state index in [4.69, 9.17) is 9.84 Å². The monoisotopic (exact) mass is 334 g/mol. The van der Waals surface area contributed by atoms with E-state index < -0.39 is 5.41 Å². The molecule has 1 aliphatic rings. The first kappa shape index (κ1) is 15.9. The average Bonchev–Trinajstić information content (AvgIpc) is 2.98. The van der Waals surface area contributed by atoms with E-state index in [1.807, 2.05) is 34.8 Å². The maximum Gasteiger partial charge on any atom is 0.316 e. The number of carbonyl (C=O) groups is 1. The predicted molar refractivity (Wildman–Crippen MR) is 96.8 cm³/mol. The van der Waals surface area contributed by atoms with E-state index in [1.54, 1.807) is 0 Å². The van der Waals surface area contributed by atoms with Crippen LogP contribution in [0.4, 0.5) is 0 Å². The number of carbonyl (C=O) groups excluding carboxylic acids is 1. The van der Waals surface area contributed by atoms with Crippen LogP contribution in [0.1, 0.15) is 34.4 Å². The molecule has 0 saturated heterocycles. The van der Waals surface area contributed by atoms with Crippen LogP contribution in [0.15, 0.2) is 42.6 Å². The number of esters is 1. The molecule has 1 aromatic carbocycles. The molecule has 0 fully saturated rings. The highest BCUT2D eigenvalue weighted by molar-refractivity contribution is 5.85. The van der Waals surface area contributed by atoms with E-state index in [9.17, 15) is 4.79 Å². The Balaban J connectivity index is 1.92. The fraction of sp³-hybridized carbons (Fsp3) is 0.333. The van der Waals surface area contributed by atoms with Crippen LogP contribution in [-0.2, 0) is 27.8 Å². The third-order valence-electron chi connectivity index (χ3n) is 5.40. The van der Waals surface area contributed by atoms with Gasteiger partial charge in [-0.25, -0.2) is 4.52 Å². The van der Waals surface area contributed by atoms with Crippen LogP contribution in [0, 0.1) is 13.8 Å². The van der Waals surface area contributed by atoms with Gasteiger partial charge in [0.2, 0.25) is 0 Å². The number of aryl methyl sites for hydroxylation is 3. The minimum Gasteiger partial charge on any atom is -0.468 e. The number of nitrogens with zero attached hydrogens (tertiary/aromatic N) is 2. The molecule has 2 aromatic heterocycles. The van der Waals surface area contributed by atoms with Gasteiger partial charge >= 0.3 is 5.97 Å². The standard InChI is InChI=1S/C21H22N2O2/c1-14-11-15(2)19-17-12-21(20(24)25-3,16-7-5-4-6-8-16)10-9-18(17)22-23(19)13-14/h4-8,11,13H,9-10,12H2,1-3H3. The molecule has 0 radical (unpaired) electrons. The molecule has 4 rings (SSSR count). The molecule has 0 aliphatic heterocycles. The third-order valence-corrected chi connectivity index (χ3v) is 5.40. The second-order valence-electron chi connectivity index (χ2n) is 7.04. The summed E-state index contributed by atoms with van der Waals surface area (Å²) < 4.78 is 7.21. The van der Waals surface area contributed by atoms with Crippen LogP contribution in [0.5, 0.6) is 0 Å². The van der Waals surface area contributed by atoms with Gasteiger partial charge in [-0.3, -0.25) is 4.79 Å². The Morgan fingerprint density at radius 1 is 1.24 bits per heavy atom. The summed E-state index contributed by atoms with van der Waals surface area (Å²) in [6.45, 7) is 4.19. The van der Waals surface area contributed by atoms with Gasteiger partial charge in [0.1, 0.15) is 0 Å². The van der Waals surface area contributed by atoms with E-state index in [2.05, 4.69) is 26.1 Å². The van der Waals surface area contributed by atoms with Gasteiger partial charge in [-0.1, -0.05) is 36.4 Å². The summed E-state index contributed by atoms with van der Waals surface area (Å²) in [5.41, 5.74) is 6.18. The molecule has 2 heterocycles. The Morgan fingerprint density at radius 2 is 2.00 bits per heavy atom. The van der Waals surface area contributed by atoms with Crippen molar-refractivity contribution in [3.63, 3.8) is 0 Å². The Hall–Kier alpha value is -2.62. The first-order chi connectivity index (χ1) is 12.0. The quantitative estimate of drug-likeness (QED) is 0.673. The zero-order valence-electron chi connectivity index (χ0n) is 14.9. The van der Waals surface area contributed by atoms with Gasteiger partial charge in [0.05, 0.1) is 23.7 Å². The van der Waals surface area contributed by atoms with Crippen molar-refractivity contribution in [3.05, 3.63) is 70.5 Å². The molecule has 4 heteroatoms. The molecule has 1 unspecified atom stereocenters. The van der Waals surface area contributed by atoms with Crippen LogP contribution in [0.3, 0.4) is 0 Å². The summed E-state index contributed by atoms with van der Waals surface area (Å²) in [5.74, 6) is -0.159. The molecular formula is C21H22N2O2. The number of aromatic nitrogens is 2. The lowest BCUT2D eigenvalue weighted by molar-refractivity contribution is -0.148. The van der Waals surface area contributed by atoms with Gasteiger partial charge in [-0.05, 0) is 49.8 Å². The van der Waals surface area contributed by atoms with Crippen molar-refractivity contribution in [2.45, 2.75) is 38.5 Å². The summed E-state index contributed by atoms with van der Waals surface area (Å²) in [5, 5.41) is 4.78. The van der Waals surface area contributed by atoms with Crippen molar-refractivity contribution < 1.29 is 9.53 Å². The van der Waals surface area contributed by atoms with Crippen LogP contribution in [-0.4, -0.2) is 22.7 Å². The molecule has 25 heavy (non-hydrogen) atoms. The van der Waals surface area contributed by atoms with E-state index in [1.165, 1.54) is 23.8 Å². The van der Waals surface area contributed by atoms with Gasteiger partial charge in [-0.2, -0.15) is 5.10 Å². The minimum atomic E-state index is -0.635. The maximum atomic E-state index is 12.8. The molecule has 0 N–H and O–H groups in total.